The van der Waals surface area contributed by atoms with Crippen molar-refractivity contribution in [3.05, 3.63) is 31.0 Å². The molecule has 2 aliphatic rings. The Kier molecular flexibility index (Phi) is 2.66. The number of allylic oxidation sites excluding steroid dienone is 2. The quantitative estimate of drug-likeness (QED) is 0.639. The molecule has 1 atom stereocenters. The van der Waals surface area contributed by atoms with Gasteiger partial charge in [-0.05, 0) is 13.0 Å². The van der Waals surface area contributed by atoms with Crippen LogP contribution in [0.1, 0.15) is 6.92 Å². The van der Waals surface area contributed by atoms with Gasteiger partial charge < -0.3 is 10.3 Å². The molecule has 0 aliphatic carbocycles. The van der Waals surface area contributed by atoms with Crippen molar-refractivity contribution in [1.82, 2.24) is 15.3 Å². The summed E-state index contributed by atoms with van der Waals surface area (Å²) in [6.45, 7) is 7.57. The van der Waals surface area contributed by atoms with Crippen LogP contribution in [-0.2, 0) is 0 Å². The maximum absolute atomic E-state index is 3.38. The molecular formula is C10H16N3. The Bertz CT molecular complexity index is 222. The van der Waals surface area contributed by atoms with Gasteiger partial charge in [-0.3, -0.25) is 0 Å². The van der Waals surface area contributed by atoms with E-state index in [1.54, 1.807) is 0 Å². The predicted octanol–water partition coefficient (Wildman–Crippen LogP) is 0.742. The summed E-state index contributed by atoms with van der Waals surface area (Å²) in [4.78, 5) is 0. The second-order valence-corrected chi connectivity index (χ2v) is 3.47. The van der Waals surface area contributed by atoms with Crippen LogP contribution in [-0.4, -0.2) is 35.7 Å². The van der Waals surface area contributed by atoms with Gasteiger partial charge in [0.1, 0.15) is 0 Å². The number of hydrazine groups is 1. The third-order valence-corrected chi connectivity index (χ3v) is 2.46. The lowest BCUT2D eigenvalue weighted by atomic mass is 10.2. The first kappa shape index (κ1) is 8.78. The van der Waals surface area contributed by atoms with Crippen LogP contribution in [0.15, 0.2) is 24.4 Å². The van der Waals surface area contributed by atoms with Crippen molar-refractivity contribution in [2.75, 3.05) is 19.6 Å². The molecule has 3 nitrogen and oxygen atoms in total. The highest BCUT2D eigenvalue weighted by Gasteiger charge is 2.21. The van der Waals surface area contributed by atoms with E-state index in [2.05, 4.69) is 47.2 Å². The van der Waals surface area contributed by atoms with Gasteiger partial charge in [-0.2, -0.15) is 0 Å². The number of nitrogens with zero attached hydrogens (tertiary/aromatic N) is 2. The van der Waals surface area contributed by atoms with Gasteiger partial charge in [0.05, 0.1) is 6.54 Å². The summed E-state index contributed by atoms with van der Waals surface area (Å²) < 4.78 is 0. The van der Waals surface area contributed by atoms with E-state index < -0.39 is 0 Å². The molecule has 1 unspecified atom stereocenters. The summed E-state index contributed by atoms with van der Waals surface area (Å²) in [5, 5.41) is 7.92. The van der Waals surface area contributed by atoms with Gasteiger partial charge in [0, 0.05) is 31.9 Å². The Hall–Kier alpha value is -0.800. The van der Waals surface area contributed by atoms with Gasteiger partial charge in [0.25, 0.3) is 0 Å². The Morgan fingerprint density at radius 1 is 1.31 bits per heavy atom. The molecule has 2 rings (SSSR count). The van der Waals surface area contributed by atoms with E-state index in [0.29, 0.717) is 6.04 Å². The zero-order valence-electron chi connectivity index (χ0n) is 7.98. The van der Waals surface area contributed by atoms with Crippen LogP contribution in [0.2, 0.25) is 0 Å². The number of hydrogen-bond acceptors (Lipinski definition) is 3. The van der Waals surface area contributed by atoms with E-state index in [1.807, 2.05) is 6.08 Å². The van der Waals surface area contributed by atoms with Crippen LogP contribution in [0.25, 0.3) is 0 Å². The van der Waals surface area contributed by atoms with Gasteiger partial charge >= 0.3 is 0 Å². The van der Waals surface area contributed by atoms with E-state index in [9.17, 15) is 0 Å². The van der Waals surface area contributed by atoms with Crippen LogP contribution in [0.4, 0.5) is 0 Å². The van der Waals surface area contributed by atoms with Gasteiger partial charge in [-0.25, -0.2) is 5.01 Å². The molecule has 2 heterocycles. The monoisotopic (exact) mass is 178 g/mol. The number of piperazine rings is 1. The minimum atomic E-state index is 0.571. The van der Waals surface area contributed by atoms with Crippen molar-refractivity contribution in [2.24, 2.45) is 0 Å². The van der Waals surface area contributed by atoms with E-state index in [-0.39, 0.29) is 0 Å². The van der Waals surface area contributed by atoms with Crippen LogP contribution in [0.3, 0.4) is 0 Å². The second-order valence-electron chi connectivity index (χ2n) is 3.47. The molecule has 1 radical (unpaired) electrons. The van der Waals surface area contributed by atoms with Crippen LogP contribution in [0, 0.1) is 6.54 Å². The zero-order valence-corrected chi connectivity index (χ0v) is 7.98. The van der Waals surface area contributed by atoms with Crippen molar-refractivity contribution in [3.63, 3.8) is 0 Å². The summed E-state index contributed by atoms with van der Waals surface area (Å²) >= 11 is 0. The number of rotatable bonds is 1. The van der Waals surface area contributed by atoms with Crippen molar-refractivity contribution >= 4 is 0 Å². The zero-order chi connectivity index (χ0) is 9.10. The highest BCUT2D eigenvalue weighted by atomic mass is 15.6. The van der Waals surface area contributed by atoms with E-state index in [1.165, 1.54) is 0 Å². The maximum Gasteiger partial charge on any atom is 0.0888 e. The first-order chi connectivity index (χ1) is 6.38. The molecule has 0 aromatic rings. The normalized spacial score (nSPS) is 29.6. The fraction of sp³-hybridized carbons (Fsp3) is 0.500. The standard InChI is InChI=1S/C10H16N3/c1-10-9-11-5-8-13(10)12-6-3-2-4-7-12/h2-4,6-7,10-11H,5,8-9H2,1H3. The molecule has 1 saturated heterocycles. The Balaban J connectivity index is 1.98. The molecule has 0 amide bonds. The minimum absolute atomic E-state index is 0.571. The minimum Gasteiger partial charge on any atom is -0.314 e. The van der Waals surface area contributed by atoms with Gasteiger partial charge in [0.2, 0.25) is 0 Å². The third-order valence-electron chi connectivity index (χ3n) is 2.46. The van der Waals surface area contributed by atoms with Crippen LogP contribution < -0.4 is 5.32 Å². The predicted molar refractivity (Wildman–Crippen MR) is 53.5 cm³/mol. The van der Waals surface area contributed by atoms with Crippen molar-refractivity contribution < 1.29 is 0 Å². The van der Waals surface area contributed by atoms with Crippen molar-refractivity contribution in [1.29, 1.82) is 0 Å². The molecule has 0 bridgehead atoms. The number of hydrogen-bond donors (Lipinski definition) is 1. The second kappa shape index (κ2) is 3.94. The summed E-state index contributed by atoms with van der Waals surface area (Å²) in [7, 11) is 0. The third kappa shape index (κ3) is 1.92. The summed E-state index contributed by atoms with van der Waals surface area (Å²) in [5.74, 6) is 0. The molecule has 1 fully saturated rings. The first-order valence-electron chi connectivity index (χ1n) is 4.82. The Morgan fingerprint density at radius 3 is 2.92 bits per heavy atom. The van der Waals surface area contributed by atoms with E-state index in [0.717, 1.165) is 19.6 Å². The average molecular weight is 178 g/mol. The van der Waals surface area contributed by atoms with Crippen molar-refractivity contribution in [3.8, 4) is 0 Å². The fourth-order valence-electron chi connectivity index (χ4n) is 1.73. The van der Waals surface area contributed by atoms with E-state index >= 15 is 0 Å². The molecule has 3 heteroatoms. The van der Waals surface area contributed by atoms with Crippen molar-refractivity contribution in [2.45, 2.75) is 13.0 Å². The van der Waals surface area contributed by atoms with E-state index in [4.69, 9.17) is 0 Å². The lowest BCUT2D eigenvalue weighted by Gasteiger charge is -2.41. The fourth-order valence-corrected chi connectivity index (χ4v) is 1.73. The highest BCUT2D eigenvalue weighted by Crippen LogP contribution is 2.12. The maximum atomic E-state index is 3.38. The van der Waals surface area contributed by atoms with Gasteiger partial charge in [-0.1, -0.05) is 12.2 Å². The summed E-state index contributed by atoms with van der Waals surface area (Å²) in [6.07, 6.45) is 8.27. The topological polar surface area (TPSA) is 18.5 Å². The highest BCUT2D eigenvalue weighted by molar-refractivity contribution is 5.13. The molecule has 71 valence electrons. The smallest absolute Gasteiger partial charge is 0.0888 e. The molecule has 0 spiro atoms. The summed E-state index contributed by atoms with van der Waals surface area (Å²) in [5.41, 5.74) is 0. The van der Waals surface area contributed by atoms with Crippen LogP contribution in [0.5, 0.6) is 0 Å². The molecule has 0 aromatic heterocycles. The molecule has 0 saturated carbocycles. The van der Waals surface area contributed by atoms with Crippen LogP contribution >= 0.6 is 0 Å². The number of nitrogens with one attached hydrogen (secondary N) is 1. The SMILES string of the molecule is CC1CNCCN1N1[CH]C=CC=C1. The Labute approximate surface area is 79.7 Å². The molecule has 0 aromatic carbocycles. The molecule has 13 heavy (non-hydrogen) atoms. The molecule has 1 N–H and O–H groups in total. The Morgan fingerprint density at radius 2 is 2.23 bits per heavy atom. The first-order valence-corrected chi connectivity index (χ1v) is 4.82. The molecular weight excluding hydrogens is 162 g/mol. The average Bonchev–Trinajstić information content (AvgIpc) is 2.20. The summed E-state index contributed by atoms with van der Waals surface area (Å²) in [6, 6.07) is 0.571. The lowest BCUT2D eigenvalue weighted by molar-refractivity contribution is -0.00151. The molecule has 2 aliphatic heterocycles. The largest absolute Gasteiger partial charge is 0.314 e. The van der Waals surface area contributed by atoms with Gasteiger partial charge in [0.15, 0.2) is 0 Å². The van der Waals surface area contributed by atoms with Gasteiger partial charge in [-0.15, -0.1) is 0 Å². The lowest BCUT2D eigenvalue weighted by Crippen LogP contribution is -2.54.